The van der Waals surface area contributed by atoms with Gasteiger partial charge in [0, 0.05) is 0 Å². The summed E-state index contributed by atoms with van der Waals surface area (Å²) in [6.45, 7) is 1.75. The number of nitriles is 1. The van der Waals surface area contributed by atoms with Crippen LogP contribution < -0.4 is 0 Å². The fourth-order valence-electron chi connectivity index (χ4n) is 1.19. The number of phenolic OH excluding ortho intramolecular Hbond substituents is 1. The first-order valence-electron chi connectivity index (χ1n) is 4.17. The van der Waals surface area contributed by atoms with Crippen molar-refractivity contribution in [1.29, 1.82) is 5.26 Å². The van der Waals surface area contributed by atoms with Gasteiger partial charge in [-0.15, -0.1) is 0 Å². The molecule has 74 valence electrons. The molecular weight excluding hydrogens is 188 g/mol. The zero-order valence-corrected chi connectivity index (χ0v) is 7.59. The third-order valence-electron chi connectivity index (χ3n) is 2.01. The van der Waals surface area contributed by atoms with Crippen LogP contribution in [0.15, 0.2) is 12.1 Å². The number of rotatable bonds is 2. The maximum atomic E-state index is 12.9. The van der Waals surface area contributed by atoms with Gasteiger partial charge in [0.1, 0.15) is 0 Å². The summed E-state index contributed by atoms with van der Waals surface area (Å²) in [4.78, 5) is 0. The van der Waals surface area contributed by atoms with E-state index in [-0.39, 0.29) is 5.56 Å². The molecule has 0 aromatic heterocycles. The standard InChI is InChI=1S/C10H9F2NO/c1-2-6(5-13)7-3-8(11)10(14)9(12)4-7/h3-4,6,14H,2H2,1H3. The van der Waals surface area contributed by atoms with E-state index in [1.54, 1.807) is 6.92 Å². The first-order chi connectivity index (χ1) is 6.60. The van der Waals surface area contributed by atoms with Crippen LogP contribution >= 0.6 is 0 Å². The lowest BCUT2D eigenvalue weighted by molar-refractivity contribution is 0.395. The van der Waals surface area contributed by atoms with Crippen molar-refractivity contribution in [1.82, 2.24) is 0 Å². The zero-order chi connectivity index (χ0) is 10.7. The number of benzene rings is 1. The second kappa shape index (κ2) is 4.05. The molecular formula is C10H9F2NO. The van der Waals surface area contributed by atoms with Crippen LogP contribution in [0, 0.1) is 23.0 Å². The van der Waals surface area contributed by atoms with Crippen molar-refractivity contribution in [3.05, 3.63) is 29.3 Å². The molecule has 2 nitrogen and oxygen atoms in total. The Morgan fingerprint density at radius 2 is 1.93 bits per heavy atom. The van der Waals surface area contributed by atoms with E-state index >= 15 is 0 Å². The molecule has 0 saturated carbocycles. The van der Waals surface area contributed by atoms with E-state index in [0.29, 0.717) is 6.42 Å². The van der Waals surface area contributed by atoms with Gasteiger partial charge in [-0.25, -0.2) is 8.78 Å². The predicted octanol–water partition coefficient (Wildman–Crippen LogP) is 2.69. The molecule has 0 aliphatic heterocycles. The number of nitrogens with zero attached hydrogens (tertiary/aromatic N) is 1. The highest BCUT2D eigenvalue weighted by molar-refractivity contribution is 5.34. The molecule has 1 aromatic carbocycles. The van der Waals surface area contributed by atoms with E-state index in [9.17, 15) is 8.78 Å². The topological polar surface area (TPSA) is 44.0 Å². The Labute approximate surface area is 80.4 Å². The molecule has 0 fully saturated rings. The van der Waals surface area contributed by atoms with Gasteiger partial charge in [0.2, 0.25) is 0 Å². The second-order valence-corrected chi connectivity index (χ2v) is 2.92. The van der Waals surface area contributed by atoms with E-state index in [1.165, 1.54) is 0 Å². The molecule has 0 heterocycles. The Hall–Kier alpha value is -1.63. The molecule has 0 amide bonds. The normalized spacial score (nSPS) is 12.1. The summed E-state index contributed by atoms with van der Waals surface area (Å²) in [5.41, 5.74) is 0.253. The summed E-state index contributed by atoms with van der Waals surface area (Å²) in [5, 5.41) is 17.5. The Bertz CT molecular complexity index is 361. The van der Waals surface area contributed by atoms with Crippen LogP contribution in [0.4, 0.5) is 8.78 Å². The first-order valence-corrected chi connectivity index (χ1v) is 4.17. The van der Waals surface area contributed by atoms with Gasteiger partial charge in [-0.1, -0.05) is 6.92 Å². The molecule has 0 aliphatic carbocycles. The third-order valence-corrected chi connectivity index (χ3v) is 2.01. The van der Waals surface area contributed by atoms with E-state index in [4.69, 9.17) is 10.4 Å². The molecule has 0 saturated heterocycles. The minimum atomic E-state index is -1.03. The van der Waals surface area contributed by atoms with E-state index in [0.717, 1.165) is 12.1 Å². The zero-order valence-electron chi connectivity index (χ0n) is 7.59. The summed E-state index contributed by atoms with van der Waals surface area (Å²) in [6, 6.07) is 3.89. The lowest BCUT2D eigenvalue weighted by Crippen LogP contribution is -1.96. The highest BCUT2D eigenvalue weighted by Gasteiger charge is 2.14. The van der Waals surface area contributed by atoms with Crippen LogP contribution in [0.1, 0.15) is 24.8 Å². The average molecular weight is 197 g/mol. The first kappa shape index (κ1) is 10.5. The molecule has 14 heavy (non-hydrogen) atoms. The molecule has 1 rings (SSSR count). The van der Waals surface area contributed by atoms with Crippen molar-refractivity contribution >= 4 is 0 Å². The summed E-state index contributed by atoms with van der Waals surface area (Å²) in [6.07, 6.45) is 0.472. The van der Waals surface area contributed by atoms with Crippen LogP contribution in [0.3, 0.4) is 0 Å². The summed E-state index contributed by atoms with van der Waals surface area (Å²) < 4.78 is 25.7. The SMILES string of the molecule is CCC(C#N)c1cc(F)c(O)c(F)c1. The largest absolute Gasteiger partial charge is 0.503 e. The van der Waals surface area contributed by atoms with Gasteiger partial charge >= 0.3 is 0 Å². The van der Waals surface area contributed by atoms with Gasteiger partial charge in [-0.3, -0.25) is 0 Å². The third kappa shape index (κ3) is 1.82. The number of phenols is 1. The molecule has 1 N–H and O–H groups in total. The Balaban J connectivity index is 3.19. The molecule has 1 atom stereocenters. The van der Waals surface area contributed by atoms with Gasteiger partial charge < -0.3 is 5.11 Å². The molecule has 0 spiro atoms. The summed E-state index contributed by atoms with van der Waals surface area (Å²) in [7, 11) is 0. The van der Waals surface area contributed by atoms with E-state index < -0.39 is 23.3 Å². The van der Waals surface area contributed by atoms with Crippen molar-refractivity contribution in [2.75, 3.05) is 0 Å². The summed E-state index contributed by atoms with van der Waals surface area (Å²) in [5.74, 6) is -3.61. The van der Waals surface area contributed by atoms with E-state index in [1.807, 2.05) is 6.07 Å². The van der Waals surface area contributed by atoms with Crippen molar-refractivity contribution in [2.45, 2.75) is 19.3 Å². The minimum Gasteiger partial charge on any atom is -0.503 e. The summed E-state index contributed by atoms with van der Waals surface area (Å²) >= 11 is 0. The fourth-order valence-corrected chi connectivity index (χ4v) is 1.19. The van der Waals surface area contributed by atoms with Crippen LogP contribution in [0.5, 0.6) is 5.75 Å². The minimum absolute atomic E-state index is 0.253. The molecule has 1 aromatic rings. The van der Waals surface area contributed by atoms with Crippen LogP contribution in [-0.4, -0.2) is 5.11 Å². The predicted molar refractivity (Wildman–Crippen MR) is 46.7 cm³/mol. The molecule has 4 heteroatoms. The maximum absolute atomic E-state index is 12.9. The van der Waals surface area contributed by atoms with Gasteiger partial charge in [0.25, 0.3) is 0 Å². The Morgan fingerprint density at radius 1 is 1.43 bits per heavy atom. The Kier molecular flexibility index (Phi) is 3.03. The lowest BCUT2D eigenvalue weighted by Gasteiger charge is -2.07. The highest BCUT2D eigenvalue weighted by atomic mass is 19.1. The highest BCUT2D eigenvalue weighted by Crippen LogP contribution is 2.26. The number of aromatic hydroxyl groups is 1. The second-order valence-electron chi connectivity index (χ2n) is 2.92. The van der Waals surface area contributed by atoms with Crippen molar-refractivity contribution in [3.8, 4) is 11.8 Å². The lowest BCUT2D eigenvalue weighted by atomic mass is 9.98. The van der Waals surface area contributed by atoms with Gasteiger partial charge in [0.05, 0.1) is 12.0 Å². The van der Waals surface area contributed by atoms with Crippen LogP contribution in [0.25, 0.3) is 0 Å². The maximum Gasteiger partial charge on any atom is 0.187 e. The van der Waals surface area contributed by atoms with Crippen molar-refractivity contribution < 1.29 is 13.9 Å². The van der Waals surface area contributed by atoms with Crippen LogP contribution in [0.2, 0.25) is 0 Å². The quantitative estimate of drug-likeness (QED) is 0.792. The smallest absolute Gasteiger partial charge is 0.187 e. The number of halogens is 2. The molecule has 0 aliphatic rings. The molecule has 0 bridgehead atoms. The Morgan fingerprint density at radius 3 is 2.29 bits per heavy atom. The van der Waals surface area contributed by atoms with Crippen molar-refractivity contribution in [3.63, 3.8) is 0 Å². The number of hydrogen-bond acceptors (Lipinski definition) is 2. The fraction of sp³-hybridized carbons (Fsp3) is 0.300. The van der Waals surface area contributed by atoms with Crippen LogP contribution in [-0.2, 0) is 0 Å². The monoisotopic (exact) mass is 197 g/mol. The van der Waals surface area contributed by atoms with Gasteiger partial charge in [-0.2, -0.15) is 5.26 Å². The molecule has 1 unspecified atom stereocenters. The van der Waals surface area contributed by atoms with E-state index in [2.05, 4.69) is 0 Å². The van der Waals surface area contributed by atoms with Crippen molar-refractivity contribution in [2.24, 2.45) is 0 Å². The number of hydrogen-bond donors (Lipinski definition) is 1. The van der Waals surface area contributed by atoms with Gasteiger partial charge in [0.15, 0.2) is 17.4 Å². The van der Waals surface area contributed by atoms with Gasteiger partial charge in [-0.05, 0) is 24.1 Å². The average Bonchev–Trinajstić information content (AvgIpc) is 2.16. The molecule has 0 radical (unpaired) electrons.